The number of hydrogen-bond acceptors (Lipinski definition) is 2. The molecule has 0 amide bonds. The van der Waals surface area contributed by atoms with Gasteiger partial charge >= 0.3 is 0 Å². The van der Waals surface area contributed by atoms with Crippen LogP contribution in [0.1, 0.15) is 39.8 Å². The largest absolute Gasteiger partial charge is 0.393 e. The summed E-state index contributed by atoms with van der Waals surface area (Å²) >= 11 is 0. The highest BCUT2D eigenvalue weighted by Gasteiger charge is 2.16. The molecule has 0 spiro atoms. The van der Waals surface area contributed by atoms with Gasteiger partial charge in [-0.25, -0.2) is 0 Å². The van der Waals surface area contributed by atoms with E-state index in [1.807, 2.05) is 16.9 Å². The topological polar surface area (TPSA) is 38.0 Å². The predicted octanol–water partition coefficient (Wildman–Crippen LogP) is 1.95. The fraction of sp³-hybridized carbons (Fsp3) is 0.727. The first kappa shape index (κ1) is 11.2. The molecule has 0 bridgehead atoms. The Morgan fingerprint density at radius 3 is 2.57 bits per heavy atom. The molecule has 1 heterocycles. The smallest absolute Gasteiger partial charge is 0.0677 e. The zero-order valence-electron chi connectivity index (χ0n) is 9.49. The third-order valence-electron chi connectivity index (χ3n) is 2.19. The molecule has 1 atom stereocenters. The molecule has 1 N–H and O–H groups in total. The summed E-state index contributed by atoms with van der Waals surface area (Å²) in [6.07, 6.45) is 2.48. The molecule has 1 aromatic rings. The van der Waals surface area contributed by atoms with Gasteiger partial charge in [-0.05, 0) is 19.4 Å². The van der Waals surface area contributed by atoms with Gasteiger partial charge in [-0.1, -0.05) is 20.8 Å². The number of aryl methyl sites for hydroxylation is 1. The van der Waals surface area contributed by atoms with Gasteiger partial charge in [0.25, 0.3) is 0 Å². The first-order valence-corrected chi connectivity index (χ1v) is 5.11. The molecule has 0 fully saturated rings. The maximum absolute atomic E-state index is 9.14. The summed E-state index contributed by atoms with van der Waals surface area (Å²) in [5, 5.41) is 13.6. The van der Waals surface area contributed by atoms with E-state index in [2.05, 4.69) is 25.9 Å². The molecule has 0 unspecified atom stereocenters. The fourth-order valence-corrected chi connectivity index (χ4v) is 1.21. The van der Waals surface area contributed by atoms with Crippen LogP contribution in [0.4, 0.5) is 0 Å². The molecule has 0 aliphatic rings. The van der Waals surface area contributed by atoms with Gasteiger partial charge in [-0.2, -0.15) is 5.10 Å². The van der Waals surface area contributed by atoms with Crippen molar-refractivity contribution in [2.24, 2.45) is 0 Å². The summed E-state index contributed by atoms with van der Waals surface area (Å²) in [6, 6.07) is 2.04. The van der Waals surface area contributed by atoms with Crippen molar-refractivity contribution in [1.29, 1.82) is 0 Å². The molecule has 1 aromatic heterocycles. The number of hydrogen-bond donors (Lipinski definition) is 1. The van der Waals surface area contributed by atoms with Crippen LogP contribution in [0.15, 0.2) is 12.3 Å². The number of rotatable bonds is 3. The standard InChI is InChI=1S/C11H20N2O/c1-9(14)5-7-13-8-6-10(12-13)11(2,3)4/h6,8-9,14H,5,7H2,1-4H3/t9-/m0/s1. The van der Waals surface area contributed by atoms with Crippen molar-refractivity contribution in [3.05, 3.63) is 18.0 Å². The Hall–Kier alpha value is -0.830. The third-order valence-corrected chi connectivity index (χ3v) is 2.19. The van der Waals surface area contributed by atoms with Gasteiger partial charge in [0.05, 0.1) is 11.8 Å². The zero-order chi connectivity index (χ0) is 10.8. The van der Waals surface area contributed by atoms with Crippen LogP contribution in [0.2, 0.25) is 0 Å². The Balaban J connectivity index is 2.60. The molecular weight excluding hydrogens is 176 g/mol. The van der Waals surface area contributed by atoms with Crippen LogP contribution in [0.25, 0.3) is 0 Å². The molecule has 0 saturated heterocycles. The zero-order valence-corrected chi connectivity index (χ0v) is 9.49. The first-order chi connectivity index (χ1) is 6.39. The summed E-state index contributed by atoms with van der Waals surface area (Å²) in [5.41, 5.74) is 1.21. The lowest BCUT2D eigenvalue weighted by atomic mass is 9.93. The molecule has 0 radical (unpaired) electrons. The van der Waals surface area contributed by atoms with Gasteiger partial charge in [0.15, 0.2) is 0 Å². The summed E-state index contributed by atoms with van der Waals surface area (Å²) in [6.45, 7) is 9.03. The minimum absolute atomic E-state index is 0.107. The van der Waals surface area contributed by atoms with Crippen molar-refractivity contribution < 1.29 is 5.11 Å². The maximum atomic E-state index is 9.14. The van der Waals surface area contributed by atoms with Gasteiger partial charge < -0.3 is 5.11 Å². The monoisotopic (exact) mass is 196 g/mol. The van der Waals surface area contributed by atoms with E-state index >= 15 is 0 Å². The van der Waals surface area contributed by atoms with Crippen molar-refractivity contribution >= 4 is 0 Å². The predicted molar refractivity (Wildman–Crippen MR) is 57.2 cm³/mol. The van der Waals surface area contributed by atoms with Crippen LogP contribution in [-0.4, -0.2) is 21.0 Å². The molecular formula is C11H20N2O. The van der Waals surface area contributed by atoms with E-state index in [9.17, 15) is 0 Å². The summed E-state index contributed by atoms with van der Waals surface area (Å²) in [4.78, 5) is 0. The van der Waals surface area contributed by atoms with Crippen LogP contribution in [0.3, 0.4) is 0 Å². The second-order valence-corrected chi connectivity index (χ2v) is 4.85. The third kappa shape index (κ3) is 3.14. The van der Waals surface area contributed by atoms with E-state index in [0.29, 0.717) is 0 Å². The molecule has 0 aromatic carbocycles. The average molecular weight is 196 g/mol. The second kappa shape index (κ2) is 4.13. The van der Waals surface area contributed by atoms with E-state index in [1.54, 1.807) is 6.92 Å². The first-order valence-electron chi connectivity index (χ1n) is 5.11. The highest BCUT2D eigenvalue weighted by atomic mass is 16.3. The minimum Gasteiger partial charge on any atom is -0.393 e. The Kier molecular flexibility index (Phi) is 3.32. The van der Waals surface area contributed by atoms with E-state index < -0.39 is 0 Å². The van der Waals surface area contributed by atoms with Crippen molar-refractivity contribution in [3.63, 3.8) is 0 Å². The van der Waals surface area contributed by atoms with Crippen molar-refractivity contribution in [2.45, 2.75) is 52.2 Å². The number of aliphatic hydroxyl groups excluding tert-OH is 1. The number of aliphatic hydroxyl groups is 1. The molecule has 14 heavy (non-hydrogen) atoms. The average Bonchev–Trinajstić information content (AvgIpc) is 2.47. The Labute approximate surface area is 85.8 Å². The summed E-state index contributed by atoms with van der Waals surface area (Å²) in [7, 11) is 0. The summed E-state index contributed by atoms with van der Waals surface area (Å²) < 4.78 is 1.90. The Bertz CT molecular complexity index is 284. The lowest BCUT2D eigenvalue weighted by Crippen LogP contribution is -2.14. The normalized spacial score (nSPS) is 14.4. The van der Waals surface area contributed by atoms with E-state index in [0.717, 1.165) is 18.7 Å². The molecule has 0 saturated carbocycles. The van der Waals surface area contributed by atoms with E-state index in [4.69, 9.17) is 5.11 Å². The maximum Gasteiger partial charge on any atom is 0.0677 e. The quantitative estimate of drug-likeness (QED) is 0.802. The van der Waals surface area contributed by atoms with Crippen LogP contribution < -0.4 is 0 Å². The molecule has 1 rings (SSSR count). The summed E-state index contributed by atoms with van der Waals surface area (Å²) in [5.74, 6) is 0. The molecule has 3 nitrogen and oxygen atoms in total. The van der Waals surface area contributed by atoms with E-state index in [1.165, 1.54) is 0 Å². The molecule has 0 aliphatic carbocycles. The SMILES string of the molecule is C[C@H](O)CCn1ccc(C(C)(C)C)n1. The highest BCUT2D eigenvalue weighted by Crippen LogP contribution is 2.19. The second-order valence-electron chi connectivity index (χ2n) is 4.85. The van der Waals surface area contributed by atoms with Gasteiger partial charge in [0.1, 0.15) is 0 Å². The van der Waals surface area contributed by atoms with Gasteiger partial charge in [-0.3, -0.25) is 4.68 Å². The van der Waals surface area contributed by atoms with Gasteiger partial charge in [0.2, 0.25) is 0 Å². The van der Waals surface area contributed by atoms with Crippen molar-refractivity contribution in [2.75, 3.05) is 0 Å². The van der Waals surface area contributed by atoms with Crippen molar-refractivity contribution in [3.8, 4) is 0 Å². The molecule has 3 heteroatoms. The van der Waals surface area contributed by atoms with E-state index in [-0.39, 0.29) is 11.5 Å². The van der Waals surface area contributed by atoms with Crippen molar-refractivity contribution in [1.82, 2.24) is 9.78 Å². The van der Waals surface area contributed by atoms with Crippen LogP contribution >= 0.6 is 0 Å². The van der Waals surface area contributed by atoms with Gasteiger partial charge in [-0.15, -0.1) is 0 Å². The molecule has 0 aliphatic heterocycles. The van der Waals surface area contributed by atoms with Crippen LogP contribution in [0, 0.1) is 0 Å². The number of aromatic nitrogens is 2. The fourth-order valence-electron chi connectivity index (χ4n) is 1.21. The Morgan fingerprint density at radius 1 is 1.50 bits per heavy atom. The lowest BCUT2D eigenvalue weighted by Gasteiger charge is -2.14. The molecule has 80 valence electrons. The number of nitrogens with zero attached hydrogens (tertiary/aromatic N) is 2. The highest BCUT2D eigenvalue weighted by molar-refractivity contribution is 5.10. The van der Waals surface area contributed by atoms with Crippen LogP contribution in [0.5, 0.6) is 0 Å². The lowest BCUT2D eigenvalue weighted by molar-refractivity contribution is 0.176. The Morgan fingerprint density at radius 2 is 2.14 bits per heavy atom. The van der Waals surface area contributed by atoms with Crippen LogP contribution in [-0.2, 0) is 12.0 Å². The van der Waals surface area contributed by atoms with Gasteiger partial charge in [0, 0.05) is 18.2 Å². The minimum atomic E-state index is -0.253.